The van der Waals surface area contributed by atoms with Gasteiger partial charge in [-0.2, -0.15) is 5.26 Å². The van der Waals surface area contributed by atoms with Crippen LogP contribution in [-0.4, -0.2) is 15.5 Å². The Morgan fingerprint density at radius 1 is 1.09 bits per heavy atom. The van der Waals surface area contributed by atoms with Gasteiger partial charge in [0, 0.05) is 23.1 Å². The highest BCUT2D eigenvalue weighted by atomic mass is 35.5. The van der Waals surface area contributed by atoms with Crippen LogP contribution in [0.4, 0.5) is 5.69 Å². The smallest absolute Gasteiger partial charge is 0.273 e. The molecule has 0 aliphatic rings. The zero-order valence-corrected chi connectivity index (χ0v) is 18.1. The van der Waals surface area contributed by atoms with Crippen LogP contribution in [0.2, 0.25) is 5.02 Å². The minimum Gasteiger partial charge on any atom is -0.321 e. The van der Waals surface area contributed by atoms with Crippen molar-refractivity contribution in [1.82, 2.24) is 9.55 Å². The maximum atomic E-state index is 13.3. The van der Waals surface area contributed by atoms with Gasteiger partial charge in [0.15, 0.2) is 5.57 Å². The molecule has 156 valence electrons. The molecule has 0 saturated carbocycles. The van der Waals surface area contributed by atoms with Gasteiger partial charge < -0.3 is 5.32 Å². The highest BCUT2D eigenvalue weighted by molar-refractivity contribution is 7.07. The second kappa shape index (κ2) is 9.43. The maximum absolute atomic E-state index is 13.3. The van der Waals surface area contributed by atoms with Crippen LogP contribution in [0.15, 0.2) is 83.9 Å². The highest BCUT2D eigenvalue weighted by Crippen LogP contribution is 2.14. The predicted octanol–water partition coefficient (Wildman–Crippen LogP) is 3.09. The van der Waals surface area contributed by atoms with Gasteiger partial charge in [0.1, 0.15) is 10.7 Å². The molecule has 0 spiro atoms. The summed E-state index contributed by atoms with van der Waals surface area (Å²) < 4.78 is 2.00. The Bertz CT molecular complexity index is 1490. The number of rotatable bonds is 4. The van der Waals surface area contributed by atoms with Crippen molar-refractivity contribution >= 4 is 46.2 Å². The summed E-state index contributed by atoms with van der Waals surface area (Å²) in [5.41, 5.74) is 1.28. The van der Waals surface area contributed by atoms with Crippen LogP contribution < -0.4 is 20.1 Å². The van der Waals surface area contributed by atoms with Crippen molar-refractivity contribution in [3.8, 4) is 11.8 Å². The molecule has 4 aromatic rings. The van der Waals surface area contributed by atoms with E-state index in [0.29, 0.717) is 20.9 Å². The Labute approximate surface area is 192 Å². The van der Waals surface area contributed by atoms with Crippen LogP contribution in [0.25, 0.3) is 17.3 Å². The number of nitrogens with zero attached hydrogens (tertiary/aromatic N) is 3. The Kier molecular flexibility index (Phi) is 6.26. The van der Waals surface area contributed by atoms with E-state index in [-0.39, 0.29) is 15.8 Å². The predicted molar refractivity (Wildman–Crippen MR) is 126 cm³/mol. The number of aromatic nitrogens is 2. The number of halogens is 1. The van der Waals surface area contributed by atoms with Crippen LogP contribution in [0, 0.1) is 11.3 Å². The molecule has 0 bridgehead atoms. The summed E-state index contributed by atoms with van der Waals surface area (Å²) in [7, 11) is 0. The topological polar surface area (TPSA) is 87.8 Å². The molecule has 0 atom stereocenters. The molecule has 32 heavy (non-hydrogen) atoms. The minimum absolute atomic E-state index is 0.170. The lowest BCUT2D eigenvalue weighted by Gasteiger charge is -2.06. The van der Waals surface area contributed by atoms with Crippen LogP contribution >= 0.6 is 22.9 Å². The average Bonchev–Trinajstić information content (AvgIpc) is 3.12. The van der Waals surface area contributed by atoms with Crippen LogP contribution in [0.5, 0.6) is 0 Å². The number of anilines is 1. The Balaban J connectivity index is 1.94. The van der Waals surface area contributed by atoms with E-state index in [9.17, 15) is 14.9 Å². The van der Waals surface area contributed by atoms with Crippen molar-refractivity contribution in [2.24, 2.45) is 0 Å². The number of benzene rings is 2. The summed E-state index contributed by atoms with van der Waals surface area (Å²) in [6.07, 6.45) is 4.96. The lowest BCUT2D eigenvalue weighted by Crippen LogP contribution is -2.32. The van der Waals surface area contributed by atoms with Gasteiger partial charge in [-0.25, -0.2) is 0 Å². The first-order chi connectivity index (χ1) is 15.6. The first-order valence-corrected chi connectivity index (χ1v) is 10.7. The van der Waals surface area contributed by atoms with Gasteiger partial charge in [-0.3, -0.25) is 19.1 Å². The minimum atomic E-state index is -0.617. The van der Waals surface area contributed by atoms with E-state index in [1.165, 1.54) is 4.57 Å². The molecule has 1 N–H and O–H groups in total. The Morgan fingerprint density at radius 3 is 2.50 bits per heavy atom. The SMILES string of the molecule is N#C/C(C(=O)Nc1ccc(Cl)cc1)=c1\s/c(=C/c2cccnc2)c(=O)n1-c1ccccc1. The van der Waals surface area contributed by atoms with Gasteiger partial charge >= 0.3 is 0 Å². The number of carbonyl (C=O) groups excluding carboxylic acids is 1. The molecule has 2 aromatic heterocycles. The molecular weight excluding hydrogens is 444 g/mol. The fourth-order valence-corrected chi connectivity index (χ4v) is 4.22. The number of amides is 1. The highest BCUT2D eigenvalue weighted by Gasteiger charge is 2.17. The quantitative estimate of drug-likeness (QED) is 0.509. The molecule has 1 amide bonds. The number of thiazole rings is 1. The molecular formula is C24H15ClN4O2S. The fraction of sp³-hybridized carbons (Fsp3) is 0. The summed E-state index contributed by atoms with van der Waals surface area (Å²) in [5.74, 6) is -0.617. The lowest BCUT2D eigenvalue weighted by molar-refractivity contribution is -0.111. The molecule has 0 radical (unpaired) electrons. The van der Waals surface area contributed by atoms with Gasteiger partial charge in [0.2, 0.25) is 0 Å². The van der Waals surface area contributed by atoms with Crippen molar-refractivity contribution in [3.63, 3.8) is 0 Å². The normalized spacial score (nSPS) is 12.2. The molecule has 0 fully saturated rings. The van der Waals surface area contributed by atoms with E-state index < -0.39 is 5.91 Å². The molecule has 4 rings (SSSR count). The number of nitriles is 1. The van der Waals surface area contributed by atoms with Gasteiger partial charge in [-0.05, 0) is 54.1 Å². The van der Waals surface area contributed by atoms with Crippen molar-refractivity contribution in [1.29, 1.82) is 5.26 Å². The molecule has 0 aliphatic heterocycles. The average molecular weight is 459 g/mol. The third kappa shape index (κ3) is 4.52. The van der Waals surface area contributed by atoms with E-state index in [1.807, 2.05) is 18.2 Å². The van der Waals surface area contributed by atoms with E-state index in [4.69, 9.17) is 11.6 Å². The molecule has 8 heteroatoms. The van der Waals surface area contributed by atoms with Gasteiger partial charge in [-0.1, -0.05) is 35.9 Å². The first-order valence-electron chi connectivity index (χ1n) is 9.47. The molecule has 0 aliphatic carbocycles. The third-order valence-electron chi connectivity index (χ3n) is 4.47. The van der Waals surface area contributed by atoms with Crippen molar-refractivity contribution in [3.05, 3.63) is 109 Å². The number of pyridine rings is 1. The molecule has 2 aromatic carbocycles. The van der Waals surface area contributed by atoms with Gasteiger partial charge in [0.25, 0.3) is 11.5 Å². The van der Waals surface area contributed by atoms with Crippen molar-refractivity contribution in [2.45, 2.75) is 0 Å². The second-order valence-electron chi connectivity index (χ2n) is 6.63. The number of para-hydroxylation sites is 1. The van der Waals surface area contributed by atoms with Crippen LogP contribution in [0.3, 0.4) is 0 Å². The first kappa shape index (κ1) is 21.2. The molecule has 0 saturated heterocycles. The maximum Gasteiger partial charge on any atom is 0.273 e. The zero-order chi connectivity index (χ0) is 22.5. The number of nitrogens with one attached hydrogen (secondary N) is 1. The Hall–Kier alpha value is -3.99. The fourth-order valence-electron chi connectivity index (χ4n) is 3.00. The van der Waals surface area contributed by atoms with E-state index >= 15 is 0 Å². The number of carbonyl (C=O) groups is 1. The molecule has 6 nitrogen and oxygen atoms in total. The van der Waals surface area contributed by atoms with E-state index in [0.717, 1.165) is 16.9 Å². The summed E-state index contributed by atoms with van der Waals surface area (Å²) >= 11 is 6.97. The summed E-state index contributed by atoms with van der Waals surface area (Å²) in [6, 6.07) is 21.0. The molecule has 2 heterocycles. The van der Waals surface area contributed by atoms with E-state index in [2.05, 4.69) is 10.3 Å². The number of hydrogen-bond donors (Lipinski definition) is 1. The van der Waals surface area contributed by atoms with Gasteiger partial charge in [-0.15, -0.1) is 11.3 Å². The van der Waals surface area contributed by atoms with E-state index in [1.54, 1.807) is 73.1 Å². The number of hydrogen-bond acceptors (Lipinski definition) is 5. The Morgan fingerprint density at radius 2 is 1.84 bits per heavy atom. The zero-order valence-electron chi connectivity index (χ0n) is 16.5. The summed E-state index contributed by atoms with van der Waals surface area (Å²) in [6.45, 7) is 0. The lowest BCUT2D eigenvalue weighted by atomic mass is 10.2. The third-order valence-corrected chi connectivity index (χ3v) is 5.82. The van der Waals surface area contributed by atoms with Crippen molar-refractivity contribution in [2.75, 3.05) is 5.32 Å². The largest absolute Gasteiger partial charge is 0.321 e. The monoisotopic (exact) mass is 458 g/mol. The summed E-state index contributed by atoms with van der Waals surface area (Å²) in [4.78, 5) is 30.3. The van der Waals surface area contributed by atoms with Crippen LogP contribution in [-0.2, 0) is 4.79 Å². The second-order valence-corrected chi connectivity index (χ2v) is 8.09. The van der Waals surface area contributed by atoms with Crippen LogP contribution in [0.1, 0.15) is 5.56 Å². The molecule has 0 unspecified atom stereocenters. The van der Waals surface area contributed by atoms with Crippen molar-refractivity contribution < 1.29 is 4.79 Å². The standard InChI is InChI=1S/C24H15ClN4O2S/c25-17-8-10-18(11-9-17)28-22(30)20(14-26)24-29(19-6-2-1-3-7-19)23(31)21(32-24)13-16-5-4-12-27-15-16/h1-13,15H,(H,28,30)/b21-13+,24-20+. The van der Waals surface area contributed by atoms with Gasteiger partial charge in [0.05, 0.1) is 10.2 Å². The summed E-state index contributed by atoms with van der Waals surface area (Å²) in [5, 5.41) is 13.1.